The van der Waals surface area contributed by atoms with Gasteiger partial charge in [-0.3, -0.25) is 10.1 Å². The van der Waals surface area contributed by atoms with Crippen molar-refractivity contribution in [3.05, 3.63) is 74.2 Å². The summed E-state index contributed by atoms with van der Waals surface area (Å²) in [4.78, 5) is 10.6. The standard InChI is InChI=1S/C15H15BrN2O2/c1-11(12-6-4-7-14(16)9-12)17-10-13-5-2-3-8-15(13)18(19)20/h2-9,11,17H,10H2,1H3. The van der Waals surface area contributed by atoms with Gasteiger partial charge < -0.3 is 5.32 Å². The van der Waals surface area contributed by atoms with Gasteiger partial charge in [0.25, 0.3) is 5.69 Å². The number of nitro benzene ring substituents is 1. The van der Waals surface area contributed by atoms with Crippen LogP contribution < -0.4 is 5.32 Å². The molecule has 0 amide bonds. The van der Waals surface area contributed by atoms with Crippen molar-refractivity contribution in [2.24, 2.45) is 0 Å². The highest BCUT2D eigenvalue weighted by Gasteiger charge is 2.13. The summed E-state index contributed by atoms with van der Waals surface area (Å²) in [5, 5.41) is 14.3. The summed E-state index contributed by atoms with van der Waals surface area (Å²) in [5.41, 5.74) is 1.98. The molecular weight excluding hydrogens is 320 g/mol. The average Bonchev–Trinajstić information content (AvgIpc) is 2.45. The third-order valence-corrected chi connectivity index (χ3v) is 3.63. The van der Waals surface area contributed by atoms with E-state index in [1.54, 1.807) is 12.1 Å². The Hall–Kier alpha value is -1.72. The highest BCUT2D eigenvalue weighted by atomic mass is 79.9. The molecule has 2 aromatic carbocycles. The zero-order valence-corrected chi connectivity index (χ0v) is 12.6. The Morgan fingerprint density at radius 1 is 1.25 bits per heavy atom. The fourth-order valence-corrected chi connectivity index (χ4v) is 2.41. The number of nitrogens with one attached hydrogen (secondary N) is 1. The average molecular weight is 335 g/mol. The van der Waals surface area contributed by atoms with Crippen LogP contribution in [-0.4, -0.2) is 4.92 Å². The molecule has 0 fully saturated rings. The molecule has 1 atom stereocenters. The van der Waals surface area contributed by atoms with Gasteiger partial charge in [-0.2, -0.15) is 0 Å². The van der Waals surface area contributed by atoms with Crippen molar-refractivity contribution < 1.29 is 4.92 Å². The third kappa shape index (κ3) is 3.65. The fraction of sp³-hybridized carbons (Fsp3) is 0.200. The molecule has 0 radical (unpaired) electrons. The Labute approximate surface area is 126 Å². The maximum absolute atomic E-state index is 11.0. The number of hydrogen-bond donors (Lipinski definition) is 1. The van der Waals surface area contributed by atoms with Gasteiger partial charge in [-0.15, -0.1) is 0 Å². The molecule has 0 saturated carbocycles. The van der Waals surface area contributed by atoms with E-state index in [2.05, 4.69) is 21.2 Å². The maximum Gasteiger partial charge on any atom is 0.273 e. The Morgan fingerprint density at radius 2 is 2.00 bits per heavy atom. The number of benzene rings is 2. The SMILES string of the molecule is CC(NCc1ccccc1[N+](=O)[O-])c1cccc(Br)c1. The number of hydrogen-bond acceptors (Lipinski definition) is 3. The summed E-state index contributed by atoms with van der Waals surface area (Å²) in [5.74, 6) is 0. The van der Waals surface area contributed by atoms with Crippen molar-refractivity contribution in [2.45, 2.75) is 19.5 Å². The molecule has 2 rings (SSSR count). The molecule has 0 aliphatic heterocycles. The number of rotatable bonds is 5. The van der Waals surface area contributed by atoms with Crippen molar-refractivity contribution >= 4 is 21.6 Å². The van der Waals surface area contributed by atoms with E-state index < -0.39 is 0 Å². The predicted molar refractivity (Wildman–Crippen MR) is 82.5 cm³/mol. The molecule has 0 aliphatic rings. The summed E-state index contributed by atoms with van der Waals surface area (Å²) >= 11 is 3.44. The summed E-state index contributed by atoms with van der Waals surface area (Å²) in [6.45, 7) is 2.50. The smallest absolute Gasteiger partial charge is 0.273 e. The van der Waals surface area contributed by atoms with Crippen molar-refractivity contribution in [3.63, 3.8) is 0 Å². The van der Waals surface area contributed by atoms with Crippen LogP contribution in [0.2, 0.25) is 0 Å². The summed E-state index contributed by atoms with van der Waals surface area (Å²) in [6, 6.07) is 14.9. The van der Waals surface area contributed by atoms with Crippen molar-refractivity contribution in [1.82, 2.24) is 5.32 Å². The molecule has 0 spiro atoms. The van der Waals surface area contributed by atoms with E-state index in [-0.39, 0.29) is 16.7 Å². The molecule has 0 heterocycles. The van der Waals surface area contributed by atoms with Gasteiger partial charge in [0.15, 0.2) is 0 Å². The minimum Gasteiger partial charge on any atom is -0.306 e. The Bertz CT molecular complexity index is 616. The summed E-state index contributed by atoms with van der Waals surface area (Å²) in [7, 11) is 0. The van der Waals surface area contributed by atoms with Gasteiger partial charge in [-0.25, -0.2) is 0 Å². The molecule has 104 valence electrons. The van der Waals surface area contributed by atoms with E-state index in [4.69, 9.17) is 0 Å². The maximum atomic E-state index is 11.0. The molecule has 4 nitrogen and oxygen atoms in total. The molecule has 0 bridgehead atoms. The lowest BCUT2D eigenvalue weighted by atomic mass is 10.1. The lowest BCUT2D eigenvalue weighted by Gasteiger charge is -2.14. The molecule has 0 saturated heterocycles. The molecule has 2 aromatic rings. The van der Waals surface area contributed by atoms with Gasteiger partial charge in [0.05, 0.1) is 4.92 Å². The first-order valence-electron chi connectivity index (χ1n) is 6.29. The number of halogens is 1. The minimum absolute atomic E-state index is 0.118. The van der Waals surface area contributed by atoms with E-state index in [1.807, 2.05) is 37.3 Å². The lowest BCUT2D eigenvalue weighted by Crippen LogP contribution is -2.18. The van der Waals surface area contributed by atoms with Crippen LogP contribution in [0.25, 0.3) is 0 Å². The van der Waals surface area contributed by atoms with E-state index in [0.717, 1.165) is 10.0 Å². The van der Waals surface area contributed by atoms with Crippen LogP contribution in [0.1, 0.15) is 24.1 Å². The first kappa shape index (κ1) is 14.7. The Balaban J connectivity index is 2.07. The molecule has 0 aliphatic carbocycles. The van der Waals surface area contributed by atoms with E-state index in [1.165, 1.54) is 6.07 Å². The van der Waals surface area contributed by atoms with Crippen LogP contribution in [0.15, 0.2) is 53.0 Å². The summed E-state index contributed by atoms with van der Waals surface area (Å²) in [6.07, 6.45) is 0. The second-order valence-corrected chi connectivity index (χ2v) is 5.46. The Morgan fingerprint density at radius 3 is 2.70 bits per heavy atom. The van der Waals surface area contributed by atoms with Crippen LogP contribution in [0, 0.1) is 10.1 Å². The molecule has 1 N–H and O–H groups in total. The molecular formula is C15H15BrN2O2. The zero-order chi connectivity index (χ0) is 14.5. The number of nitrogens with zero attached hydrogens (tertiary/aromatic N) is 1. The van der Waals surface area contributed by atoms with E-state index in [0.29, 0.717) is 12.1 Å². The van der Waals surface area contributed by atoms with Crippen molar-refractivity contribution in [2.75, 3.05) is 0 Å². The molecule has 0 aromatic heterocycles. The second kappa shape index (κ2) is 6.63. The molecule has 1 unspecified atom stereocenters. The topological polar surface area (TPSA) is 55.2 Å². The Kier molecular flexibility index (Phi) is 4.87. The van der Waals surface area contributed by atoms with Crippen molar-refractivity contribution in [1.29, 1.82) is 0 Å². The highest BCUT2D eigenvalue weighted by molar-refractivity contribution is 9.10. The van der Waals surface area contributed by atoms with Crippen molar-refractivity contribution in [3.8, 4) is 0 Å². The van der Waals surface area contributed by atoms with Crippen LogP contribution >= 0.6 is 15.9 Å². The van der Waals surface area contributed by atoms with Gasteiger partial charge in [-0.1, -0.05) is 46.3 Å². The van der Waals surface area contributed by atoms with Crippen LogP contribution in [0.5, 0.6) is 0 Å². The van der Waals surface area contributed by atoms with Crippen LogP contribution in [0.4, 0.5) is 5.69 Å². The minimum atomic E-state index is -0.346. The van der Waals surface area contributed by atoms with E-state index >= 15 is 0 Å². The number of para-hydroxylation sites is 1. The van der Waals surface area contributed by atoms with E-state index in [9.17, 15) is 10.1 Å². The highest BCUT2D eigenvalue weighted by Crippen LogP contribution is 2.21. The fourth-order valence-electron chi connectivity index (χ4n) is 2.00. The van der Waals surface area contributed by atoms with Gasteiger partial charge >= 0.3 is 0 Å². The predicted octanol–water partition coefficient (Wildman–Crippen LogP) is 4.21. The second-order valence-electron chi connectivity index (χ2n) is 4.54. The first-order valence-corrected chi connectivity index (χ1v) is 7.08. The van der Waals surface area contributed by atoms with Gasteiger partial charge in [0, 0.05) is 28.7 Å². The zero-order valence-electron chi connectivity index (χ0n) is 11.0. The van der Waals surface area contributed by atoms with Gasteiger partial charge in [-0.05, 0) is 24.6 Å². The van der Waals surface area contributed by atoms with Gasteiger partial charge in [0.2, 0.25) is 0 Å². The third-order valence-electron chi connectivity index (χ3n) is 3.14. The monoisotopic (exact) mass is 334 g/mol. The quantitative estimate of drug-likeness (QED) is 0.658. The largest absolute Gasteiger partial charge is 0.306 e. The number of nitro groups is 1. The summed E-state index contributed by atoms with van der Waals surface area (Å²) < 4.78 is 1.02. The molecule has 20 heavy (non-hydrogen) atoms. The normalized spacial score (nSPS) is 12.1. The first-order chi connectivity index (χ1) is 9.58. The van der Waals surface area contributed by atoms with Gasteiger partial charge in [0.1, 0.15) is 0 Å². The molecule has 5 heteroatoms. The lowest BCUT2D eigenvalue weighted by molar-refractivity contribution is -0.385. The van der Waals surface area contributed by atoms with Crippen LogP contribution in [0.3, 0.4) is 0 Å². The van der Waals surface area contributed by atoms with Crippen LogP contribution in [-0.2, 0) is 6.54 Å².